The quantitative estimate of drug-likeness (QED) is 0.0400. The number of pyridine rings is 3. The van der Waals surface area contributed by atoms with Gasteiger partial charge in [0.15, 0.2) is 17.3 Å². The molecule has 3 saturated carbocycles. The predicted octanol–water partition coefficient (Wildman–Crippen LogP) is 16.1. The van der Waals surface area contributed by atoms with Crippen molar-refractivity contribution in [1.29, 1.82) is 0 Å². The number of nitrogens with zero attached hydrogens (tertiary/aromatic N) is 6. The Morgan fingerprint density at radius 3 is 1.12 bits per heavy atom. The van der Waals surface area contributed by atoms with Crippen LogP contribution in [-0.2, 0) is 24.0 Å². The van der Waals surface area contributed by atoms with Crippen LogP contribution in [0.4, 0.5) is 34.1 Å². The largest absolute Gasteiger partial charge is 0.398 e. The molecule has 8 N–H and O–H groups in total. The highest BCUT2D eigenvalue weighted by atomic mass is 32.1. The highest BCUT2D eigenvalue weighted by Crippen LogP contribution is 2.51. The number of carbonyl (C=O) groups is 3. The molecule has 0 spiro atoms. The lowest BCUT2D eigenvalue weighted by Crippen LogP contribution is -2.43. The van der Waals surface area contributed by atoms with Gasteiger partial charge in [0, 0.05) is 163 Å². The molecule has 0 unspecified atom stereocenters. The number of benzene rings is 7. The fourth-order valence-corrected chi connectivity index (χ4v) is 16.5. The smallest absolute Gasteiger partial charge is 0.185 e. The van der Waals surface area contributed by atoms with E-state index in [0.29, 0.717) is 51.9 Å². The predicted molar refractivity (Wildman–Crippen MR) is 423 cm³/mol. The Kier molecular flexibility index (Phi) is 19.7. The number of rotatable bonds is 18. The number of morpholine rings is 1. The van der Waals surface area contributed by atoms with Crippen molar-refractivity contribution in [3.8, 4) is 32.0 Å². The van der Waals surface area contributed by atoms with Crippen molar-refractivity contribution < 1.29 is 19.1 Å². The normalized spacial score (nSPS) is 16.1. The molecule has 17 heteroatoms. The zero-order valence-corrected chi connectivity index (χ0v) is 59.6. The lowest BCUT2D eigenvalue weighted by Gasteiger charge is -2.31. The molecule has 7 aromatic carbocycles. The second kappa shape index (κ2) is 30.0. The van der Waals surface area contributed by atoms with Gasteiger partial charge in [-0.25, -0.2) is 0 Å². The van der Waals surface area contributed by atoms with Gasteiger partial charge in [-0.3, -0.25) is 29.3 Å². The number of anilines is 6. The van der Waals surface area contributed by atoms with Crippen LogP contribution in [0.15, 0.2) is 193 Å². The number of thiophene rings is 2. The molecule has 15 nitrogen and oxygen atoms in total. The van der Waals surface area contributed by atoms with Gasteiger partial charge in [-0.15, -0.1) is 22.7 Å². The van der Waals surface area contributed by atoms with Gasteiger partial charge in [0.25, 0.3) is 0 Å². The van der Waals surface area contributed by atoms with Crippen LogP contribution in [0.25, 0.3) is 64.3 Å². The molecule has 0 atom stereocenters. The van der Waals surface area contributed by atoms with Gasteiger partial charge in [0.05, 0.1) is 13.2 Å². The number of ketones is 3. The van der Waals surface area contributed by atoms with Gasteiger partial charge >= 0.3 is 0 Å². The number of carbonyl (C=O) groups excluding carboxylic acids is 3. The topological polar surface area (TPSA) is 211 Å². The monoisotopic (exact) mass is 1400 g/mol. The van der Waals surface area contributed by atoms with Gasteiger partial charge in [-0.05, 0) is 224 Å². The molecule has 8 heterocycles. The number of fused-ring (bicyclic) bond motifs is 3. The zero-order valence-electron chi connectivity index (χ0n) is 57.9. The third kappa shape index (κ3) is 15.1. The van der Waals surface area contributed by atoms with Crippen LogP contribution in [0, 0.1) is 0 Å². The third-order valence-electron chi connectivity index (χ3n) is 21.0. The first-order valence-electron chi connectivity index (χ1n) is 36.4. The molecular weight excluding hydrogens is 1320 g/mol. The van der Waals surface area contributed by atoms with E-state index in [0.717, 1.165) is 134 Å². The number of hydrogen-bond acceptors (Lipinski definition) is 17. The second-order valence-corrected chi connectivity index (χ2v) is 30.0. The molecule has 0 radical (unpaired) electrons. The van der Waals surface area contributed by atoms with E-state index in [1.807, 2.05) is 122 Å². The number of hydrogen-bond donors (Lipinski definition) is 5. The maximum Gasteiger partial charge on any atom is 0.185 e. The lowest BCUT2D eigenvalue weighted by molar-refractivity contribution is 0.0980. The average molecular weight is 1400 g/mol. The van der Waals surface area contributed by atoms with E-state index < -0.39 is 0 Å². The molecule has 0 bridgehead atoms. The minimum Gasteiger partial charge on any atom is -0.398 e. The van der Waals surface area contributed by atoms with E-state index in [9.17, 15) is 14.4 Å². The van der Waals surface area contributed by atoms with Crippen molar-refractivity contribution in [2.75, 3.05) is 111 Å². The standard InChI is InChI=1S/C30H30N4O.C28H28N4OS.C28H27N3O2S/c31-26-10-8-22(20-4-2-1-3-5-20)16-24(26)18-29(35)27-17-23-9-11-28(34-14-12-32-13-15-34)30(21-6-7-21)25(23)19-33-27;29-23-7-5-20(27-2-1-13-34-27)14-21(23)16-26(33)24-15-19-6-8-25(32-11-9-30-10-12-32)28(18-3-4-18)22(19)17-31-24;29-23-7-5-20(27-2-1-13-34-27)14-21(23)16-26(32)24-15-19-6-8-25(31-9-11-33-12-10-31)28(18-3-4-18)22(19)17-30-24/h1-5,8-11,16-17,19,21,32H,6-7,12-15,18,31H2;1-2,5-8,13-15,17-18,30H,3-4,9-12,16,29H2;1-2,5-8,13-15,17-18H,3-4,9-12,16,29H2. The summed E-state index contributed by atoms with van der Waals surface area (Å²) >= 11 is 3.36. The lowest BCUT2D eigenvalue weighted by atomic mass is 9.96. The summed E-state index contributed by atoms with van der Waals surface area (Å²) in [4.78, 5) is 63.4. The molecule has 3 aliphatic carbocycles. The average Bonchev–Trinajstić information content (AvgIpc) is 1.71. The van der Waals surface area contributed by atoms with E-state index in [1.54, 1.807) is 22.7 Å². The number of Topliss-reactive ketones (excluding diaryl/α,β-unsaturated/α-hetero) is 3. The summed E-state index contributed by atoms with van der Waals surface area (Å²) < 4.78 is 5.55. The number of nitrogens with two attached hydrogens (primary N) is 3. The van der Waals surface area contributed by atoms with Crippen molar-refractivity contribution >= 4 is 106 Å². The molecule has 3 aliphatic heterocycles. The minimum absolute atomic E-state index is 0.00363. The first-order chi connectivity index (χ1) is 50.5. The molecule has 6 fully saturated rings. The van der Waals surface area contributed by atoms with Crippen molar-refractivity contribution in [3.05, 3.63) is 244 Å². The fourth-order valence-electron chi connectivity index (χ4n) is 15.1. The summed E-state index contributed by atoms with van der Waals surface area (Å²) in [6.45, 7) is 11.6. The summed E-state index contributed by atoms with van der Waals surface area (Å²) in [5.41, 5.74) is 37.2. The molecule has 103 heavy (non-hydrogen) atoms. The second-order valence-electron chi connectivity index (χ2n) is 28.1. The number of aromatic nitrogens is 3. The van der Waals surface area contributed by atoms with Crippen molar-refractivity contribution in [2.45, 2.75) is 75.5 Å². The Labute approximate surface area is 609 Å². The Balaban J connectivity index is 0.000000119. The van der Waals surface area contributed by atoms with Crippen LogP contribution in [0.1, 0.15) is 121 Å². The highest BCUT2D eigenvalue weighted by Gasteiger charge is 2.34. The van der Waals surface area contributed by atoms with E-state index in [2.05, 4.69) is 112 Å². The summed E-state index contributed by atoms with van der Waals surface area (Å²) in [6.07, 6.45) is 13.9. The third-order valence-corrected chi connectivity index (χ3v) is 22.9. The van der Waals surface area contributed by atoms with Crippen LogP contribution in [-0.4, -0.2) is 111 Å². The van der Waals surface area contributed by atoms with E-state index in [4.69, 9.17) is 21.9 Å². The summed E-state index contributed by atoms with van der Waals surface area (Å²) in [5.74, 6) is 1.77. The van der Waals surface area contributed by atoms with E-state index in [1.165, 1.54) is 98.2 Å². The first-order valence-corrected chi connectivity index (χ1v) is 38.2. The number of nitrogen functional groups attached to an aromatic ring is 3. The maximum absolute atomic E-state index is 13.3. The highest BCUT2D eigenvalue weighted by molar-refractivity contribution is 7.13. The van der Waals surface area contributed by atoms with Crippen LogP contribution in [0.3, 0.4) is 0 Å². The number of ether oxygens (including phenoxy) is 1. The van der Waals surface area contributed by atoms with Crippen molar-refractivity contribution in [3.63, 3.8) is 0 Å². The zero-order chi connectivity index (χ0) is 69.9. The summed E-state index contributed by atoms with van der Waals surface area (Å²) in [7, 11) is 0. The van der Waals surface area contributed by atoms with Crippen LogP contribution >= 0.6 is 22.7 Å². The Morgan fingerprint density at radius 1 is 0.398 bits per heavy atom. The molecule has 520 valence electrons. The molecular formula is C86H85N11O4S2. The fraction of sp³-hybridized carbons (Fsp3) is 0.279. The van der Waals surface area contributed by atoms with Gasteiger partial charge in [0.2, 0.25) is 0 Å². The maximum atomic E-state index is 13.3. The Hall–Kier alpha value is -10.1. The Bertz CT molecular complexity index is 4900. The van der Waals surface area contributed by atoms with Crippen LogP contribution in [0.2, 0.25) is 0 Å². The number of nitrogens with one attached hydrogen (secondary N) is 2. The first kappa shape index (κ1) is 67.4. The summed E-state index contributed by atoms with van der Waals surface area (Å²) in [6, 6.07) is 55.2. The molecule has 3 saturated heterocycles. The Morgan fingerprint density at radius 2 is 0.757 bits per heavy atom. The molecule has 5 aromatic heterocycles. The number of piperazine rings is 2. The SMILES string of the molecule is Nc1ccc(-c2ccccc2)cc1CC(=O)c1cc2ccc(N3CCNCC3)c(C3CC3)c2cn1.Nc1ccc(-c2cccs2)cc1CC(=O)c1cc2ccc(N3CCNCC3)c(C3CC3)c2cn1.Nc1ccc(-c2cccs2)cc1CC(=O)c1cc2ccc(N3CCOCC3)c(C3CC3)c2cn1. The molecule has 12 aromatic rings. The van der Waals surface area contributed by atoms with Gasteiger partial charge in [-0.1, -0.05) is 78.9 Å². The molecule has 0 amide bonds. The van der Waals surface area contributed by atoms with E-state index >= 15 is 0 Å². The molecule has 6 aliphatic rings. The minimum atomic E-state index is -0.0119. The van der Waals surface area contributed by atoms with Gasteiger partial charge < -0.3 is 47.3 Å². The summed E-state index contributed by atoms with van der Waals surface area (Å²) in [5, 5.41) is 17.8. The van der Waals surface area contributed by atoms with Gasteiger partial charge in [0.1, 0.15) is 17.1 Å². The van der Waals surface area contributed by atoms with Crippen LogP contribution in [0.5, 0.6) is 0 Å². The van der Waals surface area contributed by atoms with Crippen molar-refractivity contribution in [2.24, 2.45) is 0 Å². The van der Waals surface area contributed by atoms with Crippen molar-refractivity contribution in [1.82, 2.24) is 25.6 Å². The van der Waals surface area contributed by atoms with Gasteiger partial charge in [-0.2, -0.15) is 0 Å². The van der Waals surface area contributed by atoms with E-state index in [-0.39, 0.29) is 36.6 Å². The molecule has 18 rings (SSSR count). The van der Waals surface area contributed by atoms with Crippen LogP contribution < -0.4 is 42.5 Å².